The van der Waals surface area contributed by atoms with E-state index in [1.165, 1.54) is 64.7 Å². The van der Waals surface area contributed by atoms with Crippen molar-refractivity contribution in [2.24, 2.45) is 5.73 Å². The zero-order valence-corrected chi connectivity index (χ0v) is 10.3. The lowest BCUT2D eigenvalue weighted by molar-refractivity contribution is 0.0212. The van der Waals surface area contributed by atoms with Gasteiger partial charge in [0.15, 0.2) is 0 Å². The molecule has 3 aliphatic rings. The van der Waals surface area contributed by atoms with Gasteiger partial charge in [0.1, 0.15) is 0 Å². The number of hydrogen-bond acceptors (Lipinski definition) is 3. The lowest BCUT2D eigenvalue weighted by Crippen LogP contribution is -2.60. The molecule has 92 valence electrons. The summed E-state index contributed by atoms with van der Waals surface area (Å²) in [6.07, 6.45) is 8.29. The molecule has 0 aromatic carbocycles. The van der Waals surface area contributed by atoms with Crippen LogP contribution in [0.2, 0.25) is 0 Å². The molecule has 2 heterocycles. The zero-order chi connectivity index (χ0) is 11.0. The number of nitrogens with zero attached hydrogens (tertiary/aromatic N) is 2. The molecule has 1 aliphatic carbocycles. The highest BCUT2D eigenvalue weighted by Crippen LogP contribution is 2.36. The fourth-order valence-corrected chi connectivity index (χ4v) is 4.10. The SMILES string of the molecule is NCC1(N2CCN3CCCC3C2)CCCC1. The van der Waals surface area contributed by atoms with Gasteiger partial charge in [-0.25, -0.2) is 0 Å². The minimum Gasteiger partial charge on any atom is -0.329 e. The first-order valence-electron chi connectivity index (χ1n) is 7.03. The van der Waals surface area contributed by atoms with Gasteiger partial charge in [0.2, 0.25) is 0 Å². The second-order valence-corrected chi connectivity index (χ2v) is 5.91. The first-order valence-corrected chi connectivity index (χ1v) is 7.03. The molecule has 2 saturated heterocycles. The summed E-state index contributed by atoms with van der Waals surface area (Å²) >= 11 is 0. The predicted molar refractivity (Wildman–Crippen MR) is 66.4 cm³/mol. The second kappa shape index (κ2) is 4.28. The molecule has 1 saturated carbocycles. The van der Waals surface area contributed by atoms with Crippen LogP contribution in [-0.2, 0) is 0 Å². The minimum atomic E-state index is 0.384. The summed E-state index contributed by atoms with van der Waals surface area (Å²) in [5.41, 5.74) is 6.47. The highest BCUT2D eigenvalue weighted by atomic mass is 15.3. The van der Waals surface area contributed by atoms with Gasteiger partial charge in [0.05, 0.1) is 0 Å². The Bertz CT molecular complexity index is 248. The van der Waals surface area contributed by atoms with Gasteiger partial charge in [-0.3, -0.25) is 9.80 Å². The van der Waals surface area contributed by atoms with Crippen molar-refractivity contribution in [3.63, 3.8) is 0 Å². The highest BCUT2D eigenvalue weighted by molar-refractivity contribution is 5.00. The van der Waals surface area contributed by atoms with Crippen LogP contribution in [0.5, 0.6) is 0 Å². The number of piperazine rings is 1. The van der Waals surface area contributed by atoms with Crippen LogP contribution in [0.3, 0.4) is 0 Å². The Balaban J connectivity index is 1.70. The third kappa shape index (κ3) is 1.69. The Morgan fingerprint density at radius 1 is 1.06 bits per heavy atom. The molecule has 0 aromatic rings. The molecule has 3 fully saturated rings. The Kier molecular flexibility index (Phi) is 2.94. The van der Waals surface area contributed by atoms with Crippen LogP contribution >= 0.6 is 0 Å². The van der Waals surface area contributed by atoms with Crippen molar-refractivity contribution < 1.29 is 0 Å². The van der Waals surface area contributed by atoms with Crippen molar-refractivity contribution in [2.45, 2.75) is 50.1 Å². The molecule has 0 amide bonds. The number of nitrogens with two attached hydrogens (primary N) is 1. The van der Waals surface area contributed by atoms with Gasteiger partial charge >= 0.3 is 0 Å². The van der Waals surface area contributed by atoms with E-state index in [0.29, 0.717) is 5.54 Å². The van der Waals surface area contributed by atoms with E-state index < -0.39 is 0 Å². The molecular weight excluding hydrogens is 198 g/mol. The van der Waals surface area contributed by atoms with Crippen molar-refractivity contribution in [1.29, 1.82) is 0 Å². The Labute approximate surface area is 99.0 Å². The Morgan fingerprint density at radius 3 is 2.62 bits per heavy atom. The van der Waals surface area contributed by atoms with E-state index in [-0.39, 0.29) is 0 Å². The van der Waals surface area contributed by atoms with Crippen LogP contribution in [-0.4, -0.2) is 54.1 Å². The molecule has 0 aromatic heterocycles. The Morgan fingerprint density at radius 2 is 1.88 bits per heavy atom. The molecule has 3 nitrogen and oxygen atoms in total. The summed E-state index contributed by atoms with van der Waals surface area (Å²) in [7, 11) is 0. The summed E-state index contributed by atoms with van der Waals surface area (Å²) in [6.45, 7) is 6.05. The molecule has 3 rings (SSSR count). The van der Waals surface area contributed by atoms with E-state index >= 15 is 0 Å². The maximum atomic E-state index is 6.08. The van der Waals surface area contributed by atoms with E-state index in [0.717, 1.165) is 12.6 Å². The van der Waals surface area contributed by atoms with Gasteiger partial charge in [-0.2, -0.15) is 0 Å². The summed E-state index contributed by atoms with van der Waals surface area (Å²) in [4.78, 5) is 5.43. The Hall–Kier alpha value is -0.120. The summed E-state index contributed by atoms with van der Waals surface area (Å²) in [6, 6.07) is 0.845. The first-order chi connectivity index (χ1) is 7.84. The maximum Gasteiger partial charge on any atom is 0.0332 e. The van der Waals surface area contributed by atoms with Crippen LogP contribution in [0.15, 0.2) is 0 Å². The lowest BCUT2D eigenvalue weighted by atomic mass is 9.93. The quantitative estimate of drug-likeness (QED) is 0.759. The van der Waals surface area contributed by atoms with E-state index in [9.17, 15) is 0 Å². The maximum absolute atomic E-state index is 6.08. The van der Waals surface area contributed by atoms with Crippen molar-refractivity contribution in [3.8, 4) is 0 Å². The second-order valence-electron chi connectivity index (χ2n) is 5.91. The normalized spacial score (nSPS) is 35.4. The largest absolute Gasteiger partial charge is 0.329 e. The third-order valence-electron chi connectivity index (χ3n) is 5.17. The smallest absolute Gasteiger partial charge is 0.0332 e. The van der Waals surface area contributed by atoms with Crippen molar-refractivity contribution >= 4 is 0 Å². The lowest BCUT2D eigenvalue weighted by Gasteiger charge is -2.47. The van der Waals surface area contributed by atoms with E-state index in [1.54, 1.807) is 0 Å². The van der Waals surface area contributed by atoms with Crippen molar-refractivity contribution in [2.75, 3.05) is 32.7 Å². The molecular formula is C13H25N3. The van der Waals surface area contributed by atoms with Crippen molar-refractivity contribution in [3.05, 3.63) is 0 Å². The molecule has 1 unspecified atom stereocenters. The van der Waals surface area contributed by atoms with Crippen LogP contribution in [0.1, 0.15) is 38.5 Å². The van der Waals surface area contributed by atoms with Gasteiger partial charge in [0.25, 0.3) is 0 Å². The molecule has 16 heavy (non-hydrogen) atoms. The van der Waals surface area contributed by atoms with Gasteiger partial charge in [0, 0.05) is 37.8 Å². The number of fused-ring (bicyclic) bond motifs is 1. The van der Waals surface area contributed by atoms with Crippen LogP contribution in [0.25, 0.3) is 0 Å². The third-order valence-corrected chi connectivity index (χ3v) is 5.17. The van der Waals surface area contributed by atoms with E-state index in [1.807, 2.05) is 0 Å². The average molecular weight is 223 g/mol. The average Bonchev–Trinajstić information content (AvgIpc) is 2.97. The van der Waals surface area contributed by atoms with Crippen LogP contribution in [0.4, 0.5) is 0 Å². The van der Waals surface area contributed by atoms with Crippen molar-refractivity contribution in [1.82, 2.24) is 9.80 Å². The summed E-state index contributed by atoms with van der Waals surface area (Å²) in [5.74, 6) is 0. The molecule has 0 spiro atoms. The zero-order valence-electron chi connectivity index (χ0n) is 10.3. The molecule has 0 radical (unpaired) electrons. The van der Waals surface area contributed by atoms with Gasteiger partial charge in [-0.1, -0.05) is 12.8 Å². The topological polar surface area (TPSA) is 32.5 Å². The van der Waals surface area contributed by atoms with E-state index in [4.69, 9.17) is 5.73 Å². The van der Waals surface area contributed by atoms with Gasteiger partial charge in [-0.15, -0.1) is 0 Å². The minimum absolute atomic E-state index is 0.384. The predicted octanol–water partition coefficient (Wildman–Crippen LogP) is 1.04. The van der Waals surface area contributed by atoms with Crippen LogP contribution in [0, 0.1) is 0 Å². The molecule has 3 heteroatoms. The highest BCUT2D eigenvalue weighted by Gasteiger charge is 2.42. The first kappa shape index (κ1) is 11.0. The number of hydrogen-bond donors (Lipinski definition) is 1. The fourth-order valence-electron chi connectivity index (χ4n) is 4.10. The molecule has 2 N–H and O–H groups in total. The van der Waals surface area contributed by atoms with Crippen LogP contribution < -0.4 is 5.73 Å². The molecule has 0 bridgehead atoms. The van der Waals surface area contributed by atoms with Gasteiger partial charge in [-0.05, 0) is 32.2 Å². The number of rotatable bonds is 2. The fraction of sp³-hybridized carbons (Fsp3) is 1.00. The summed E-state index contributed by atoms with van der Waals surface area (Å²) in [5, 5.41) is 0. The standard InChI is InChI=1S/C13H25N3/c14-11-13(5-1-2-6-13)16-9-8-15-7-3-4-12(15)10-16/h12H,1-11,14H2. The summed E-state index contributed by atoms with van der Waals surface area (Å²) < 4.78 is 0. The van der Waals surface area contributed by atoms with Gasteiger partial charge < -0.3 is 5.73 Å². The monoisotopic (exact) mass is 223 g/mol. The molecule has 1 atom stereocenters. The molecule has 2 aliphatic heterocycles. The van der Waals surface area contributed by atoms with E-state index in [2.05, 4.69) is 9.80 Å².